The Labute approximate surface area is 205 Å². The molecule has 0 saturated heterocycles. The summed E-state index contributed by atoms with van der Waals surface area (Å²) < 4.78 is 77.9. The van der Waals surface area contributed by atoms with Crippen molar-refractivity contribution in [3.05, 3.63) is 99.9 Å². The minimum Gasteiger partial charge on any atom is -0.334 e. The van der Waals surface area contributed by atoms with Gasteiger partial charge in [-0.1, -0.05) is 36.4 Å². The van der Waals surface area contributed by atoms with Gasteiger partial charge in [-0.15, -0.1) is 0 Å². The van der Waals surface area contributed by atoms with E-state index >= 15 is 0 Å². The zero-order valence-electron chi connectivity index (χ0n) is 18.9. The maximum Gasteiger partial charge on any atom is 0.449 e. The van der Waals surface area contributed by atoms with E-state index in [9.17, 15) is 35.9 Å². The molecular formula is C26H17F6N3O2. The Balaban J connectivity index is 1.41. The molecule has 3 aromatic carbocycles. The van der Waals surface area contributed by atoms with Crippen LogP contribution in [0.5, 0.6) is 0 Å². The number of benzene rings is 3. The summed E-state index contributed by atoms with van der Waals surface area (Å²) in [7, 11) is 0. The number of hydrogen-bond acceptors (Lipinski definition) is 3. The van der Waals surface area contributed by atoms with E-state index in [0.717, 1.165) is 24.3 Å². The summed E-state index contributed by atoms with van der Waals surface area (Å²) in [6.07, 6.45) is -8.93. The Morgan fingerprint density at radius 1 is 0.838 bits per heavy atom. The molecule has 0 fully saturated rings. The third-order valence-electron chi connectivity index (χ3n) is 6.28. The van der Waals surface area contributed by atoms with Gasteiger partial charge in [0.15, 0.2) is 5.78 Å². The van der Waals surface area contributed by atoms with Crippen molar-refractivity contribution >= 4 is 22.7 Å². The normalized spacial score (nSPS) is 14.1. The first-order valence-electron chi connectivity index (χ1n) is 11.1. The van der Waals surface area contributed by atoms with Gasteiger partial charge < -0.3 is 9.88 Å². The number of nitrogens with one attached hydrogen (secondary N) is 1. The topological polar surface area (TPSA) is 66.1 Å². The molecule has 1 aromatic heterocycles. The lowest BCUT2D eigenvalue weighted by molar-refractivity contribution is -0.144. The van der Waals surface area contributed by atoms with Crippen LogP contribution in [0.3, 0.4) is 0 Å². The molecule has 0 unspecified atom stereocenters. The summed E-state index contributed by atoms with van der Waals surface area (Å²) in [6.45, 7) is 0.297. The monoisotopic (exact) mass is 517 g/mol. The zero-order valence-corrected chi connectivity index (χ0v) is 18.9. The number of amides is 1. The van der Waals surface area contributed by atoms with Gasteiger partial charge in [-0.3, -0.25) is 9.59 Å². The molecule has 0 spiro atoms. The second kappa shape index (κ2) is 8.75. The third kappa shape index (κ3) is 4.56. The first kappa shape index (κ1) is 24.5. The van der Waals surface area contributed by atoms with Crippen molar-refractivity contribution in [1.29, 1.82) is 0 Å². The number of nitrogens with zero attached hydrogens (tertiary/aromatic N) is 2. The largest absolute Gasteiger partial charge is 0.449 e. The van der Waals surface area contributed by atoms with Crippen LogP contribution in [-0.2, 0) is 25.3 Å². The van der Waals surface area contributed by atoms with Gasteiger partial charge in [-0.25, -0.2) is 4.98 Å². The highest BCUT2D eigenvalue weighted by Gasteiger charge is 2.36. The zero-order chi connectivity index (χ0) is 26.5. The van der Waals surface area contributed by atoms with Crippen LogP contribution in [0.4, 0.5) is 26.3 Å². The molecule has 1 N–H and O–H groups in total. The number of hydrogen-bond donors (Lipinski definition) is 1. The molecule has 1 amide bonds. The van der Waals surface area contributed by atoms with Crippen molar-refractivity contribution in [2.45, 2.75) is 25.3 Å². The van der Waals surface area contributed by atoms with Crippen LogP contribution in [0.2, 0.25) is 0 Å². The Bertz CT molecular complexity index is 1520. The number of carbonyl (C=O) groups is 2. The maximum atomic E-state index is 13.3. The molecule has 0 radical (unpaired) electrons. The van der Waals surface area contributed by atoms with Crippen LogP contribution in [-0.4, -0.2) is 33.1 Å². The van der Waals surface area contributed by atoms with E-state index in [0.29, 0.717) is 16.7 Å². The van der Waals surface area contributed by atoms with Gasteiger partial charge in [-0.05, 0) is 41.8 Å². The number of aromatic amines is 1. The molecule has 0 saturated carbocycles. The molecule has 1 aliphatic rings. The van der Waals surface area contributed by atoms with Gasteiger partial charge in [0.05, 0.1) is 16.6 Å². The van der Waals surface area contributed by atoms with Crippen LogP contribution in [0, 0.1) is 0 Å². The molecule has 11 heteroatoms. The summed E-state index contributed by atoms with van der Waals surface area (Å²) >= 11 is 0. The number of para-hydroxylation sites is 1. The fraction of sp³-hybridized carbons (Fsp3) is 0.192. The van der Waals surface area contributed by atoms with Crippen LogP contribution in [0.25, 0.3) is 11.0 Å². The van der Waals surface area contributed by atoms with Crippen molar-refractivity contribution in [2.24, 2.45) is 0 Å². The number of carbonyl (C=O) groups excluding carboxylic acids is 2. The number of ketones is 1. The second-order valence-electron chi connectivity index (χ2n) is 8.61. The number of aromatic nitrogens is 2. The van der Waals surface area contributed by atoms with Gasteiger partial charge in [0.25, 0.3) is 5.91 Å². The molecular weight excluding hydrogens is 500 g/mol. The average Bonchev–Trinajstić information content (AvgIpc) is 3.32. The summed E-state index contributed by atoms with van der Waals surface area (Å²) in [5.41, 5.74) is 0.930. The van der Waals surface area contributed by atoms with Gasteiger partial charge >= 0.3 is 12.4 Å². The smallest absolute Gasteiger partial charge is 0.334 e. The average molecular weight is 517 g/mol. The lowest BCUT2D eigenvalue weighted by atomic mass is 9.90. The number of rotatable bonds is 3. The minimum atomic E-state index is -4.70. The highest BCUT2D eigenvalue weighted by atomic mass is 19.4. The van der Waals surface area contributed by atoms with E-state index in [2.05, 4.69) is 9.97 Å². The van der Waals surface area contributed by atoms with Gasteiger partial charge in [0.1, 0.15) is 5.52 Å². The van der Waals surface area contributed by atoms with Crippen LogP contribution < -0.4 is 0 Å². The van der Waals surface area contributed by atoms with Crippen molar-refractivity contribution < 1.29 is 35.9 Å². The molecule has 2 heterocycles. The third-order valence-corrected chi connectivity index (χ3v) is 6.28. The second-order valence-corrected chi connectivity index (χ2v) is 8.61. The molecule has 4 aromatic rings. The first-order chi connectivity index (χ1) is 17.4. The lowest BCUT2D eigenvalue weighted by Gasteiger charge is -2.30. The lowest BCUT2D eigenvalue weighted by Crippen LogP contribution is -2.36. The number of alkyl halides is 6. The molecule has 5 nitrogen and oxygen atoms in total. The molecule has 190 valence electrons. The highest BCUT2D eigenvalue weighted by Crippen LogP contribution is 2.32. The van der Waals surface area contributed by atoms with E-state index in [1.807, 2.05) is 0 Å². The summed E-state index contributed by atoms with van der Waals surface area (Å²) in [5, 5.41) is 0. The Morgan fingerprint density at radius 3 is 2.19 bits per heavy atom. The van der Waals surface area contributed by atoms with Gasteiger partial charge in [0.2, 0.25) is 5.82 Å². The highest BCUT2D eigenvalue weighted by molar-refractivity contribution is 6.10. The van der Waals surface area contributed by atoms with Crippen LogP contribution >= 0.6 is 0 Å². The molecule has 1 aliphatic heterocycles. The predicted molar refractivity (Wildman–Crippen MR) is 121 cm³/mol. The van der Waals surface area contributed by atoms with Crippen molar-refractivity contribution in [3.63, 3.8) is 0 Å². The van der Waals surface area contributed by atoms with E-state index in [1.54, 1.807) is 18.2 Å². The standard InChI is InChI=1S/C26H17F6N3O2/c27-25(28,29)16-9-7-14(8-10-16)22(36)18-4-1-3-15-13-35(12-11-17(15)18)23(37)19-5-2-6-20-21(19)34-24(33-20)26(30,31)32/h1-10H,11-13H2,(H,33,34). The minimum absolute atomic E-state index is 0.0182. The maximum absolute atomic E-state index is 13.3. The SMILES string of the molecule is O=C(c1ccc(C(F)(F)F)cc1)c1cccc2c1CCN(C(=O)c1cccc3[nH]c(C(F)(F)F)nc13)C2. The van der Waals surface area contributed by atoms with E-state index < -0.39 is 35.4 Å². The summed E-state index contributed by atoms with van der Waals surface area (Å²) in [5.74, 6) is -2.14. The number of H-pyrrole nitrogens is 1. The molecule has 37 heavy (non-hydrogen) atoms. The molecule has 0 aliphatic carbocycles. The van der Waals surface area contributed by atoms with Crippen molar-refractivity contribution in [1.82, 2.24) is 14.9 Å². The fourth-order valence-corrected chi connectivity index (χ4v) is 4.47. The van der Waals surface area contributed by atoms with Gasteiger partial charge in [0, 0.05) is 24.2 Å². The fourth-order valence-electron chi connectivity index (χ4n) is 4.47. The number of halogens is 6. The Kier molecular flexibility index (Phi) is 5.81. The molecule has 0 bridgehead atoms. The van der Waals surface area contributed by atoms with Crippen molar-refractivity contribution in [3.8, 4) is 0 Å². The predicted octanol–water partition coefficient (Wildman–Crippen LogP) is 6.03. The summed E-state index contributed by atoms with van der Waals surface area (Å²) in [4.78, 5) is 33.6. The van der Waals surface area contributed by atoms with E-state index in [4.69, 9.17) is 0 Å². The first-order valence-corrected chi connectivity index (χ1v) is 11.1. The van der Waals surface area contributed by atoms with Crippen LogP contribution in [0.1, 0.15) is 48.8 Å². The quantitative estimate of drug-likeness (QED) is 0.267. The number of imidazole rings is 1. The molecule has 0 atom stereocenters. The van der Waals surface area contributed by atoms with E-state index in [-0.39, 0.29) is 41.7 Å². The van der Waals surface area contributed by atoms with Gasteiger partial charge in [-0.2, -0.15) is 26.3 Å². The van der Waals surface area contributed by atoms with Crippen molar-refractivity contribution in [2.75, 3.05) is 6.54 Å². The Hall–Kier alpha value is -4.15. The number of fused-ring (bicyclic) bond motifs is 2. The van der Waals surface area contributed by atoms with E-state index in [1.165, 1.54) is 23.1 Å². The Morgan fingerprint density at radius 2 is 1.51 bits per heavy atom. The summed E-state index contributed by atoms with van der Waals surface area (Å²) in [6, 6.07) is 13.2. The van der Waals surface area contributed by atoms with Crippen LogP contribution in [0.15, 0.2) is 60.7 Å². The molecule has 5 rings (SSSR count).